The van der Waals surface area contributed by atoms with E-state index in [1.165, 1.54) is 31.7 Å². The molecule has 2 N–H and O–H groups in total. The Morgan fingerprint density at radius 1 is 1.33 bits per heavy atom. The highest BCUT2D eigenvalue weighted by molar-refractivity contribution is 5.60. The molecule has 0 aliphatic heterocycles. The summed E-state index contributed by atoms with van der Waals surface area (Å²) in [6, 6.07) is 3.18. The topological polar surface area (TPSA) is 80.1 Å². The molecule has 6 heteroatoms. The molecule has 1 aliphatic carbocycles. The molecule has 1 saturated carbocycles. The molecule has 1 fully saturated rings. The summed E-state index contributed by atoms with van der Waals surface area (Å²) in [5.74, 6) is 1.05. The van der Waals surface area contributed by atoms with Gasteiger partial charge in [0.05, 0.1) is 4.92 Å². The predicted octanol–water partition coefficient (Wildman–Crippen LogP) is 3.80. The second kappa shape index (κ2) is 6.74. The van der Waals surface area contributed by atoms with E-state index in [2.05, 4.69) is 29.5 Å². The van der Waals surface area contributed by atoms with Crippen LogP contribution in [0.1, 0.15) is 46.0 Å². The number of nitrogens with one attached hydrogen (secondary N) is 2. The Kier molecular flexibility index (Phi) is 4.98. The summed E-state index contributed by atoms with van der Waals surface area (Å²) in [5, 5.41) is 17.5. The lowest BCUT2D eigenvalue weighted by Crippen LogP contribution is -2.24. The van der Waals surface area contributed by atoms with E-state index in [9.17, 15) is 10.1 Å². The third-order valence-electron chi connectivity index (χ3n) is 4.12. The highest BCUT2D eigenvalue weighted by Gasteiger charge is 2.29. The molecule has 0 unspecified atom stereocenters. The first kappa shape index (κ1) is 15.5. The van der Waals surface area contributed by atoms with Crippen LogP contribution in [-0.4, -0.2) is 23.0 Å². The van der Waals surface area contributed by atoms with Crippen LogP contribution < -0.4 is 10.6 Å². The number of anilines is 2. The maximum atomic E-state index is 11.1. The van der Waals surface area contributed by atoms with Crippen LogP contribution in [0.25, 0.3) is 0 Å². The quantitative estimate of drug-likeness (QED) is 0.590. The van der Waals surface area contributed by atoms with Crippen molar-refractivity contribution in [2.24, 2.45) is 5.41 Å². The van der Waals surface area contributed by atoms with Crippen molar-refractivity contribution in [2.45, 2.75) is 46.0 Å². The van der Waals surface area contributed by atoms with Crippen molar-refractivity contribution >= 4 is 17.3 Å². The number of hydrogen-bond acceptors (Lipinski definition) is 5. The molecule has 0 saturated heterocycles. The Labute approximate surface area is 125 Å². The van der Waals surface area contributed by atoms with Crippen LogP contribution in [0.15, 0.2) is 12.1 Å². The minimum Gasteiger partial charge on any atom is -0.370 e. The van der Waals surface area contributed by atoms with Crippen LogP contribution in [0, 0.1) is 15.5 Å². The minimum atomic E-state index is -0.379. The van der Waals surface area contributed by atoms with Gasteiger partial charge in [-0.1, -0.05) is 26.7 Å². The van der Waals surface area contributed by atoms with E-state index in [0.29, 0.717) is 11.6 Å². The Morgan fingerprint density at radius 2 is 2.05 bits per heavy atom. The molecule has 0 spiro atoms. The van der Waals surface area contributed by atoms with Gasteiger partial charge in [0.1, 0.15) is 5.82 Å². The summed E-state index contributed by atoms with van der Waals surface area (Å²) < 4.78 is 0. The lowest BCUT2D eigenvalue weighted by molar-refractivity contribution is -0.384. The van der Waals surface area contributed by atoms with Gasteiger partial charge in [0, 0.05) is 19.2 Å². The first-order valence-corrected chi connectivity index (χ1v) is 7.67. The maximum absolute atomic E-state index is 11.1. The lowest BCUT2D eigenvalue weighted by atomic mass is 9.89. The summed E-state index contributed by atoms with van der Waals surface area (Å²) in [6.07, 6.45) is 5.81. The van der Waals surface area contributed by atoms with E-state index in [-0.39, 0.29) is 16.0 Å². The molecule has 0 atom stereocenters. The van der Waals surface area contributed by atoms with Gasteiger partial charge >= 0.3 is 5.69 Å². The molecule has 1 aromatic rings. The molecule has 0 radical (unpaired) electrons. The Morgan fingerprint density at radius 3 is 2.67 bits per heavy atom. The standard InChI is InChI=1S/C15H24N4O2/c1-3-10-16-13-7-6-12(19(20)21)14(18-13)17-11-15(2)8-4-5-9-15/h6-7H,3-5,8-11H2,1-2H3,(H2,16,17,18). The molecule has 2 rings (SSSR count). The summed E-state index contributed by atoms with van der Waals surface area (Å²) in [7, 11) is 0. The van der Waals surface area contributed by atoms with Crippen LogP contribution in [-0.2, 0) is 0 Å². The predicted molar refractivity (Wildman–Crippen MR) is 84.7 cm³/mol. The smallest absolute Gasteiger partial charge is 0.311 e. The highest BCUT2D eigenvalue weighted by Crippen LogP contribution is 2.38. The first-order valence-electron chi connectivity index (χ1n) is 7.67. The number of nitrogens with zero attached hydrogens (tertiary/aromatic N) is 2. The lowest BCUT2D eigenvalue weighted by Gasteiger charge is -2.24. The van der Waals surface area contributed by atoms with Gasteiger partial charge in [0.25, 0.3) is 0 Å². The van der Waals surface area contributed by atoms with Gasteiger partial charge in [0.2, 0.25) is 5.82 Å². The molecule has 0 amide bonds. The molecule has 6 nitrogen and oxygen atoms in total. The molecule has 1 aliphatic rings. The summed E-state index contributed by atoms with van der Waals surface area (Å²) in [4.78, 5) is 15.1. The second-order valence-corrected chi connectivity index (χ2v) is 6.12. The van der Waals surface area contributed by atoms with Crippen LogP contribution in [0.3, 0.4) is 0 Å². The zero-order valence-corrected chi connectivity index (χ0v) is 12.8. The van der Waals surface area contributed by atoms with Gasteiger partial charge in [-0.25, -0.2) is 4.98 Å². The average Bonchev–Trinajstić information content (AvgIpc) is 2.90. The average molecular weight is 292 g/mol. The van der Waals surface area contributed by atoms with Gasteiger partial charge in [-0.15, -0.1) is 0 Å². The molecule has 116 valence electrons. The largest absolute Gasteiger partial charge is 0.370 e. The van der Waals surface area contributed by atoms with Gasteiger partial charge in [-0.2, -0.15) is 0 Å². The number of hydrogen-bond donors (Lipinski definition) is 2. The van der Waals surface area contributed by atoms with Crippen LogP contribution in [0.4, 0.5) is 17.3 Å². The van der Waals surface area contributed by atoms with Crippen molar-refractivity contribution < 1.29 is 4.92 Å². The van der Waals surface area contributed by atoms with Crippen molar-refractivity contribution in [1.82, 2.24) is 4.98 Å². The minimum absolute atomic E-state index is 0.0404. The van der Waals surface area contributed by atoms with E-state index >= 15 is 0 Å². The fourth-order valence-electron chi connectivity index (χ4n) is 2.78. The molecule has 1 aromatic heterocycles. The van der Waals surface area contributed by atoms with Crippen molar-refractivity contribution in [3.63, 3.8) is 0 Å². The fraction of sp³-hybridized carbons (Fsp3) is 0.667. The molecule has 1 heterocycles. The SMILES string of the molecule is CCCNc1ccc([N+](=O)[O-])c(NCC2(C)CCCC2)n1. The van der Waals surface area contributed by atoms with E-state index in [1.807, 2.05) is 0 Å². The molecule has 0 aromatic carbocycles. The Balaban J connectivity index is 2.11. The van der Waals surface area contributed by atoms with Crippen molar-refractivity contribution in [2.75, 3.05) is 23.7 Å². The third kappa shape index (κ3) is 4.06. The van der Waals surface area contributed by atoms with E-state index < -0.39 is 0 Å². The van der Waals surface area contributed by atoms with Crippen LogP contribution in [0.2, 0.25) is 0 Å². The molecular weight excluding hydrogens is 268 g/mol. The molecule has 21 heavy (non-hydrogen) atoms. The van der Waals surface area contributed by atoms with Gasteiger partial charge in [0.15, 0.2) is 0 Å². The van der Waals surface area contributed by atoms with Crippen molar-refractivity contribution in [1.29, 1.82) is 0 Å². The normalized spacial score (nSPS) is 16.7. The molecular formula is C15H24N4O2. The summed E-state index contributed by atoms with van der Waals surface area (Å²) >= 11 is 0. The third-order valence-corrected chi connectivity index (χ3v) is 4.12. The van der Waals surface area contributed by atoms with Crippen LogP contribution in [0.5, 0.6) is 0 Å². The van der Waals surface area contributed by atoms with Gasteiger partial charge in [-0.05, 0) is 30.7 Å². The van der Waals surface area contributed by atoms with Gasteiger partial charge in [-0.3, -0.25) is 10.1 Å². The summed E-state index contributed by atoms with van der Waals surface area (Å²) in [5.41, 5.74) is 0.265. The van der Waals surface area contributed by atoms with E-state index in [4.69, 9.17) is 0 Å². The van der Waals surface area contributed by atoms with E-state index in [0.717, 1.165) is 19.5 Å². The van der Waals surface area contributed by atoms with Crippen molar-refractivity contribution in [3.8, 4) is 0 Å². The van der Waals surface area contributed by atoms with Gasteiger partial charge < -0.3 is 10.6 Å². The fourth-order valence-corrected chi connectivity index (χ4v) is 2.78. The van der Waals surface area contributed by atoms with Crippen molar-refractivity contribution in [3.05, 3.63) is 22.2 Å². The highest BCUT2D eigenvalue weighted by atomic mass is 16.6. The second-order valence-electron chi connectivity index (χ2n) is 6.12. The number of aromatic nitrogens is 1. The Hall–Kier alpha value is -1.85. The monoisotopic (exact) mass is 292 g/mol. The number of rotatable bonds is 7. The maximum Gasteiger partial charge on any atom is 0.311 e. The zero-order valence-electron chi connectivity index (χ0n) is 12.8. The Bertz CT molecular complexity index is 498. The molecule has 0 bridgehead atoms. The summed E-state index contributed by atoms with van der Waals surface area (Å²) in [6.45, 7) is 5.84. The first-order chi connectivity index (χ1) is 10.0. The zero-order chi connectivity index (χ0) is 15.3. The number of nitro groups is 1. The van der Waals surface area contributed by atoms with Crippen LogP contribution >= 0.6 is 0 Å². The van der Waals surface area contributed by atoms with E-state index in [1.54, 1.807) is 6.07 Å². The number of pyridine rings is 1.